The Balaban J connectivity index is 1.26. The Morgan fingerprint density at radius 3 is 2.28 bits per heavy atom. The quantitative estimate of drug-likeness (QED) is 0.117. The number of nitrogens with two attached hydrogens (primary N) is 1. The molecule has 0 radical (unpaired) electrons. The molecule has 302 valence electrons. The average molecular weight is 823 g/mol. The van der Waals surface area contributed by atoms with Gasteiger partial charge in [0.2, 0.25) is 0 Å². The fourth-order valence-corrected chi connectivity index (χ4v) is 7.35. The van der Waals surface area contributed by atoms with Gasteiger partial charge in [-0.15, -0.1) is 8.78 Å². The molecule has 7 rings (SSSR count). The summed E-state index contributed by atoms with van der Waals surface area (Å²) in [5.74, 6) is -3.24. The lowest BCUT2D eigenvalue weighted by atomic mass is 9.75. The summed E-state index contributed by atoms with van der Waals surface area (Å²) in [6.07, 6.45) is -12.0. The van der Waals surface area contributed by atoms with E-state index in [0.717, 1.165) is 15.9 Å². The van der Waals surface area contributed by atoms with E-state index in [-0.39, 0.29) is 53.0 Å². The smallest absolute Gasteiger partial charge is 0.463 e. The number of fused-ring (bicyclic) bond motifs is 1. The number of halogens is 8. The van der Waals surface area contributed by atoms with Crippen molar-refractivity contribution in [3.8, 4) is 28.3 Å². The minimum Gasteiger partial charge on any atom is -0.463 e. The maximum atomic E-state index is 15.0. The summed E-state index contributed by atoms with van der Waals surface area (Å²) >= 11 is 6.43. The van der Waals surface area contributed by atoms with Gasteiger partial charge in [-0.3, -0.25) is 14.5 Å². The molecule has 1 aromatic heterocycles. The number of guanidine groups is 1. The zero-order chi connectivity index (χ0) is 41.3. The van der Waals surface area contributed by atoms with Crippen LogP contribution in [0.25, 0.3) is 16.8 Å². The summed E-state index contributed by atoms with van der Waals surface area (Å²) in [6, 6.07) is 13.5. The van der Waals surface area contributed by atoms with Crippen LogP contribution in [-0.2, 0) is 19.9 Å². The molecule has 4 aromatic rings. The number of hydrogen-bond donors (Lipinski definition) is 1. The van der Waals surface area contributed by atoms with E-state index in [9.17, 15) is 35.5 Å². The molecule has 0 bridgehead atoms. The van der Waals surface area contributed by atoms with E-state index in [1.165, 1.54) is 30.3 Å². The van der Waals surface area contributed by atoms with E-state index in [1.54, 1.807) is 30.3 Å². The van der Waals surface area contributed by atoms with Gasteiger partial charge in [-0.05, 0) is 71.2 Å². The summed E-state index contributed by atoms with van der Waals surface area (Å²) in [7, 11) is 0. The number of aliphatic imine (C=N–C) groups is 1. The molecule has 3 aliphatic rings. The third kappa shape index (κ3) is 7.58. The minimum atomic E-state index is -4.64. The fourth-order valence-electron chi connectivity index (χ4n) is 7.16. The van der Waals surface area contributed by atoms with Crippen molar-refractivity contribution in [1.82, 2.24) is 19.7 Å². The maximum absolute atomic E-state index is 15.0. The van der Waals surface area contributed by atoms with Gasteiger partial charge < -0.3 is 19.9 Å². The maximum Gasteiger partial charge on any atom is 0.586 e. The topological polar surface area (TPSA) is 134 Å². The molecule has 1 amide bonds. The number of ether oxygens (including phenoxy) is 3. The van der Waals surface area contributed by atoms with Crippen LogP contribution in [0.15, 0.2) is 72.0 Å². The molecule has 0 saturated heterocycles. The molecule has 2 N–H and O–H groups in total. The van der Waals surface area contributed by atoms with Crippen LogP contribution in [0.5, 0.6) is 11.5 Å². The van der Waals surface area contributed by atoms with Crippen molar-refractivity contribution < 1.29 is 54.5 Å². The molecule has 11 nitrogen and oxygen atoms in total. The highest BCUT2D eigenvalue weighted by molar-refractivity contribution is 6.32. The van der Waals surface area contributed by atoms with Crippen molar-refractivity contribution in [2.45, 2.75) is 76.9 Å². The number of carbonyl (C=O) groups excluding carboxylic acids is 2. The van der Waals surface area contributed by atoms with Crippen molar-refractivity contribution in [2.75, 3.05) is 6.61 Å². The van der Waals surface area contributed by atoms with Gasteiger partial charge >= 0.3 is 18.4 Å². The molecule has 19 heteroatoms. The second-order valence-electron chi connectivity index (χ2n) is 15.3. The van der Waals surface area contributed by atoms with Crippen molar-refractivity contribution in [2.24, 2.45) is 21.6 Å². The SMILES string of the molecule is CC(C)(C)C[C@]1(c2ccc(-c3ccc4c(c3)OC(F)(F)O4)cc2)N=C(N)N([C@H](COC(=O)CC2(C(F)(F)F)CC2)c2ccc(Cl)c(-n3ncnc3C(F)F)c2)C1=O. The van der Waals surface area contributed by atoms with E-state index >= 15 is 4.79 Å². The number of amides is 1. The van der Waals surface area contributed by atoms with Crippen molar-refractivity contribution >= 4 is 29.4 Å². The first-order valence-electron chi connectivity index (χ1n) is 17.5. The predicted molar refractivity (Wildman–Crippen MR) is 190 cm³/mol. The number of carbonyl (C=O) groups is 2. The standard InChI is InChI=1S/C38H34ClF7N6O5/c1-34(2,3)18-36(23-8-4-20(5-9-23)21-7-11-27-28(15-21)57-38(45,46)56-27)32(54)51(33(47)50-36)26(17-55-29(53)16-35(12-13-35)37(42,43)44)22-6-10-24(39)25(14-22)52-31(30(40)41)48-19-49-52/h4-11,14-15,19,26,30H,12-13,16-18H2,1-3H3,(H2,47,50)/t26-,36-/m1/s1. The Kier molecular flexibility index (Phi) is 9.72. The van der Waals surface area contributed by atoms with Gasteiger partial charge in [-0.1, -0.05) is 68.8 Å². The molecule has 1 saturated carbocycles. The predicted octanol–water partition coefficient (Wildman–Crippen LogP) is 8.65. The van der Waals surface area contributed by atoms with Crippen LogP contribution >= 0.6 is 11.6 Å². The van der Waals surface area contributed by atoms with Crippen LogP contribution in [0.1, 0.15) is 75.9 Å². The van der Waals surface area contributed by atoms with E-state index in [0.29, 0.717) is 16.7 Å². The number of rotatable bonds is 11. The molecule has 0 unspecified atom stereocenters. The number of benzene rings is 3. The number of aromatic nitrogens is 3. The molecule has 3 heterocycles. The number of esters is 1. The Labute approximate surface area is 325 Å². The summed E-state index contributed by atoms with van der Waals surface area (Å²) in [5.41, 5.74) is 3.56. The average Bonchev–Trinajstić information content (AvgIpc) is 3.51. The third-order valence-corrected chi connectivity index (χ3v) is 10.3. The Morgan fingerprint density at radius 2 is 1.65 bits per heavy atom. The van der Waals surface area contributed by atoms with Crippen LogP contribution < -0.4 is 15.2 Å². The first-order valence-corrected chi connectivity index (χ1v) is 17.9. The first-order chi connectivity index (χ1) is 26.6. The highest BCUT2D eigenvalue weighted by Gasteiger charge is 2.64. The fraction of sp³-hybridized carbons (Fsp3) is 0.395. The highest BCUT2D eigenvalue weighted by atomic mass is 35.5. The largest absolute Gasteiger partial charge is 0.586 e. The Morgan fingerprint density at radius 1 is 0.982 bits per heavy atom. The number of nitrogens with zero attached hydrogens (tertiary/aromatic N) is 5. The molecule has 3 aromatic carbocycles. The van der Waals surface area contributed by atoms with Crippen molar-refractivity contribution in [3.63, 3.8) is 0 Å². The summed E-state index contributed by atoms with van der Waals surface area (Å²) in [5, 5.41) is 3.82. The third-order valence-electron chi connectivity index (χ3n) is 10.0. The van der Waals surface area contributed by atoms with E-state index in [2.05, 4.69) is 19.6 Å². The van der Waals surface area contributed by atoms with E-state index in [1.807, 2.05) is 20.8 Å². The monoisotopic (exact) mass is 822 g/mol. The summed E-state index contributed by atoms with van der Waals surface area (Å²) < 4.78 is 112. The molecular formula is C38H34ClF7N6O5. The molecular weight excluding hydrogens is 789 g/mol. The number of alkyl halides is 7. The lowest BCUT2D eigenvalue weighted by Crippen LogP contribution is -2.47. The van der Waals surface area contributed by atoms with Gasteiger partial charge in [0.1, 0.15) is 12.9 Å². The summed E-state index contributed by atoms with van der Waals surface area (Å²) in [4.78, 5) is 37.4. The normalized spacial score (nSPS) is 20.2. The van der Waals surface area contributed by atoms with E-state index < -0.39 is 72.0 Å². The first kappa shape index (κ1) is 39.8. The zero-order valence-corrected chi connectivity index (χ0v) is 31.2. The van der Waals surface area contributed by atoms with Gasteiger partial charge in [-0.2, -0.15) is 18.3 Å². The van der Waals surface area contributed by atoms with Gasteiger partial charge in [0, 0.05) is 0 Å². The van der Waals surface area contributed by atoms with Crippen molar-refractivity contribution in [1.29, 1.82) is 0 Å². The van der Waals surface area contributed by atoms with Crippen LogP contribution in [0, 0.1) is 10.8 Å². The van der Waals surface area contributed by atoms with Gasteiger partial charge in [0.15, 0.2) is 28.8 Å². The molecule has 0 spiro atoms. The lowest BCUT2D eigenvalue weighted by molar-refractivity contribution is -0.286. The second kappa shape index (κ2) is 13.9. The zero-order valence-electron chi connectivity index (χ0n) is 30.4. The minimum absolute atomic E-state index is 0.0459. The number of hydrogen-bond acceptors (Lipinski definition) is 9. The van der Waals surface area contributed by atoms with Crippen molar-refractivity contribution in [3.05, 3.63) is 89.0 Å². The van der Waals surface area contributed by atoms with Crippen LogP contribution in [0.2, 0.25) is 5.02 Å². The van der Waals surface area contributed by atoms with Crippen LogP contribution in [-0.4, -0.2) is 56.6 Å². The molecule has 2 aliphatic heterocycles. The second-order valence-corrected chi connectivity index (χ2v) is 15.8. The van der Waals surface area contributed by atoms with Crippen LogP contribution in [0.3, 0.4) is 0 Å². The van der Waals surface area contributed by atoms with Gasteiger partial charge in [-0.25, -0.2) is 23.4 Å². The Bertz CT molecular complexity index is 2260. The van der Waals surface area contributed by atoms with Gasteiger partial charge in [0.05, 0.1) is 28.6 Å². The molecule has 1 fully saturated rings. The molecule has 2 atom stereocenters. The van der Waals surface area contributed by atoms with E-state index in [4.69, 9.17) is 27.1 Å². The highest BCUT2D eigenvalue weighted by Crippen LogP contribution is 2.60. The van der Waals surface area contributed by atoms with Gasteiger partial charge in [0.25, 0.3) is 12.3 Å². The molecule has 1 aliphatic carbocycles. The molecule has 57 heavy (non-hydrogen) atoms. The summed E-state index contributed by atoms with van der Waals surface area (Å²) in [6.45, 7) is 4.89. The Hall–Kier alpha value is -5.39. The lowest BCUT2D eigenvalue weighted by Gasteiger charge is -2.35. The van der Waals surface area contributed by atoms with Crippen LogP contribution in [0.4, 0.5) is 30.7 Å².